The minimum atomic E-state index is -0.0176. The molecule has 1 aliphatic rings. The van der Waals surface area contributed by atoms with Gasteiger partial charge in [0.25, 0.3) is 0 Å². The van der Waals surface area contributed by atoms with E-state index in [4.69, 9.17) is 17.3 Å². The van der Waals surface area contributed by atoms with Crippen molar-refractivity contribution in [3.05, 3.63) is 22.7 Å². The third-order valence-electron chi connectivity index (χ3n) is 3.04. The van der Waals surface area contributed by atoms with Crippen molar-refractivity contribution in [1.29, 1.82) is 0 Å². The third-order valence-corrected chi connectivity index (χ3v) is 3.26. The maximum atomic E-state index is 12.1. The van der Waals surface area contributed by atoms with Crippen molar-refractivity contribution >= 4 is 28.9 Å². The van der Waals surface area contributed by atoms with E-state index in [0.29, 0.717) is 10.7 Å². The first kappa shape index (κ1) is 12.2. The van der Waals surface area contributed by atoms with Crippen LogP contribution in [0.5, 0.6) is 0 Å². The van der Waals surface area contributed by atoms with Crippen LogP contribution in [-0.2, 0) is 11.2 Å². The highest BCUT2D eigenvalue weighted by atomic mass is 35.5. The van der Waals surface area contributed by atoms with Gasteiger partial charge >= 0.3 is 0 Å². The Morgan fingerprint density at radius 1 is 1.47 bits per heavy atom. The highest BCUT2D eigenvalue weighted by molar-refractivity contribution is 6.31. The second-order valence-electron chi connectivity index (χ2n) is 4.75. The molecule has 0 aliphatic carbocycles. The lowest BCUT2D eigenvalue weighted by Gasteiger charge is -2.32. The minimum Gasteiger partial charge on any atom is -0.397 e. The first-order valence-corrected chi connectivity index (χ1v) is 6.27. The zero-order valence-corrected chi connectivity index (χ0v) is 10.9. The van der Waals surface area contributed by atoms with Crippen LogP contribution in [0.25, 0.3) is 0 Å². The Morgan fingerprint density at radius 2 is 2.18 bits per heavy atom. The van der Waals surface area contributed by atoms with E-state index < -0.39 is 0 Å². The van der Waals surface area contributed by atoms with E-state index >= 15 is 0 Å². The molecule has 0 aromatic heterocycles. The van der Waals surface area contributed by atoms with Gasteiger partial charge in [0.2, 0.25) is 5.91 Å². The Balaban J connectivity index is 2.47. The van der Waals surface area contributed by atoms with E-state index in [9.17, 15) is 4.79 Å². The van der Waals surface area contributed by atoms with Crippen LogP contribution in [0.2, 0.25) is 5.02 Å². The molecule has 1 heterocycles. The molecule has 0 saturated heterocycles. The topological polar surface area (TPSA) is 46.3 Å². The third kappa shape index (κ3) is 2.25. The summed E-state index contributed by atoms with van der Waals surface area (Å²) < 4.78 is 0. The lowest BCUT2D eigenvalue weighted by atomic mass is 9.99. The van der Waals surface area contributed by atoms with Gasteiger partial charge in [0, 0.05) is 17.5 Å². The first-order chi connectivity index (χ1) is 8.00. The molecule has 92 valence electrons. The van der Waals surface area contributed by atoms with Gasteiger partial charge in [-0.2, -0.15) is 0 Å². The number of nitrogens with zero attached hydrogens (tertiary/aromatic N) is 1. The fourth-order valence-electron chi connectivity index (χ4n) is 2.27. The van der Waals surface area contributed by atoms with Crippen LogP contribution in [0.4, 0.5) is 11.4 Å². The molecule has 2 N–H and O–H groups in total. The second kappa shape index (κ2) is 4.57. The van der Waals surface area contributed by atoms with Gasteiger partial charge in [0.1, 0.15) is 0 Å². The number of carbonyl (C=O) groups is 1. The Hall–Kier alpha value is -1.22. The molecule has 3 nitrogen and oxygen atoms in total. The number of halogens is 1. The lowest BCUT2D eigenvalue weighted by molar-refractivity contribution is -0.121. The van der Waals surface area contributed by atoms with Gasteiger partial charge in [-0.3, -0.25) is 4.79 Å². The second-order valence-corrected chi connectivity index (χ2v) is 5.19. The fraction of sp³-hybridized carbons (Fsp3) is 0.462. The van der Waals surface area contributed by atoms with Crippen molar-refractivity contribution in [1.82, 2.24) is 0 Å². The maximum absolute atomic E-state index is 12.1. The molecule has 17 heavy (non-hydrogen) atoms. The summed E-state index contributed by atoms with van der Waals surface area (Å²) in [7, 11) is 0. The van der Waals surface area contributed by atoms with Crippen molar-refractivity contribution in [2.75, 3.05) is 17.2 Å². The number of benzene rings is 1. The van der Waals surface area contributed by atoms with E-state index in [2.05, 4.69) is 0 Å². The smallest absolute Gasteiger partial charge is 0.229 e. The number of hydrogen-bond donors (Lipinski definition) is 1. The van der Waals surface area contributed by atoms with Crippen LogP contribution in [0.1, 0.15) is 25.8 Å². The molecular formula is C13H17ClN2O. The van der Waals surface area contributed by atoms with Crippen molar-refractivity contribution in [2.24, 2.45) is 5.92 Å². The molecule has 4 heteroatoms. The summed E-state index contributed by atoms with van der Waals surface area (Å²) in [5.41, 5.74) is 8.53. The van der Waals surface area contributed by atoms with Gasteiger partial charge in [-0.15, -0.1) is 0 Å². The van der Waals surface area contributed by atoms with Crippen LogP contribution in [0.3, 0.4) is 0 Å². The number of carbonyl (C=O) groups excluding carboxylic acids is 1. The lowest BCUT2D eigenvalue weighted by Crippen LogP contribution is -2.38. The molecule has 0 saturated carbocycles. The number of hydrogen-bond acceptors (Lipinski definition) is 2. The molecule has 0 radical (unpaired) electrons. The van der Waals surface area contributed by atoms with E-state index in [1.165, 1.54) is 0 Å². The summed E-state index contributed by atoms with van der Waals surface area (Å²) in [6.45, 7) is 4.56. The van der Waals surface area contributed by atoms with Gasteiger partial charge in [-0.1, -0.05) is 25.4 Å². The SMILES string of the molecule is CC(C)C(=O)N1CCCc2cc(Cl)cc(N)c21. The first-order valence-electron chi connectivity index (χ1n) is 5.90. The quantitative estimate of drug-likeness (QED) is 0.782. The molecule has 0 spiro atoms. The average molecular weight is 253 g/mol. The minimum absolute atomic E-state index is 0.0176. The van der Waals surface area contributed by atoms with Gasteiger partial charge in [-0.05, 0) is 30.5 Å². The largest absolute Gasteiger partial charge is 0.397 e. The van der Waals surface area contributed by atoms with Gasteiger partial charge in [0.15, 0.2) is 0 Å². The summed E-state index contributed by atoms with van der Waals surface area (Å²) in [5.74, 6) is 0.107. The van der Waals surface area contributed by atoms with Crippen LogP contribution < -0.4 is 10.6 Å². The number of fused-ring (bicyclic) bond motifs is 1. The predicted molar refractivity (Wildman–Crippen MR) is 71.4 cm³/mol. The van der Waals surface area contributed by atoms with E-state index in [1.54, 1.807) is 11.0 Å². The molecular weight excluding hydrogens is 236 g/mol. The summed E-state index contributed by atoms with van der Waals surface area (Å²) in [5, 5.41) is 0.639. The van der Waals surface area contributed by atoms with Crippen LogP contribution in [0, 0.1) is 5.92 Å². The zero-order chi connectivity index (χ0) is 12.6. The Bertz CT molecular complexity index is 457. The van der Waals surface area contributed by atoms with Gasteiger partial charge < -0.3 is 10.6 Å². The number of amides is 1. The van der Waals surface area contributed by atoms with Crippen molar-refractivity contribution < 1.29 is 4.79 Å². The van der Waals surface area contributed by atoms with Gasteiger partial charge in [0.05, 0.1) is 11.4 Å². The Kier molecular flexibility index (Phi) is 3.29. The molecule has 1 aromatic carbocycles. The van der Waals surface area contributed by atoms with Crippen LogP contribution in [-0.4, -0.2) is 12.5 Å². The number of anilines is 2. The normalized spacial score (nSPS) is 14.9. The van der Waals surface area contributed by atoms with Crippen LogP contribution in [0.15, 0.2) is 12.1 Å². The number of aryl methyl sites for hydroxylation is 1. The molecule has 0 atom stereocenters. The maximum Gasteiger partial charge on any atom is 0.229 e. The van der Waals surface area contributed by atoms with E-state index in [-0.39, 0.29) is 11.8 Å². The molecule has 2 rings (SSSR count). The number of nitrogen functional groups attached to an aromatic ring is 1. The Morgan fingerprint density at radius 3 is 2.82 bits per heavy atom. The Labute approximate surface area is 107 Å². The van der Waals surface area contributed by atoms with Gasteiger partial charge in [-0.25, -0.2) is 0 Å². The highest BCUT2D eigenvalue weighted by Crippen LogP contribution is 2.36. The molecule has 1 amide bonds. The zero-order valence-electron chi connectivity index (χ0n) is 10.2. The monoisotopic (exact) mass is 252 g/mol. The fourth-order valence-corrected chi connectivity index (χ4v) is 2.52. The van der Waals surface area contributed by atoms with E-state index in [0.717, 1.165) is 30.6 Å². The molecule has 0 unspecified atom stereocenters. The molecule has 0 bridgehead atoms. The predicted octanol–water partition coefficient (Wildman–Crippen LogP) is 2.86. The van der Waals surface area contributed by atoms with Crippen molar-refractivity contribution in [2.45, 2.75) is 26.7 Å². The standard InChI is InChI=1S/C13H17ClN2O/c1-8(2)13(17)16-5-3-4-9-6-10(14)7-11(15)12(9)16/h6-8H,3-5,15H2,1-2H3. The summed E-state index contributed by atoms with van der Waals surface area (Å²) in [6.07, 6.45) is 1.90. The molecule has 1 aliphatic heterocycles. The number of rotatable bonds is 1. The molecule has 0 fully saturated rings. The number of nitrogens with two attached hydrogens (primary N) is 1. The summed E-state index contributed by atoms with van der Waals surface area (Å²) >= 11 is 5.99. The molecule has 1 aromatic rings. The summed E-state index contributed by atoms with van der Waals surface area (Å²) in [4.78, 5) is 13.9. The van der Waals surface area contributed by atoms with E-state index in [1.807, 2.05) is 19.9 Å². The van der Waals surface area contributed by atoms with Crippen LogP contribution >= 0.6 is 11.6 Å². The summed E-state index contributed by atoms with van der Waals surface area (Å²) in [6, 6.07) is 3.62. The van der Waals surface area contributed by atoms with Crippen molar-refractivity contribution in [3.63, 3.8) is 0 Å². The average Bonchev–Trinajstić information content (AvgIpc) is 2.26. The van der Waals surface area contributed by atoms with Crippen molar-refractivity contribution in [3.8, 4) is 0 Å². The highest BCUT2D eigenvalue weighted by Gasteiger charge is 2.26.